The van der Waals surface area contributed by atoms with Crippen LogP contribution in [0, 0.1) is 5.82 Å². The maximum absolute atomic E-state index is 13.1. The van der Waals surface area contributed by atoms with Crippen molar-refractivity contribution in [3.63, 3.8) is 0 Å². The number of hydrogen-bond acceptors (Lipinski definition) is 4. The summed E-state index contributed by atoms with van der Waals surface area (Å²) in [4.78, 5) is 31.1. The van der Waals surface area contributed by atoms with Gasteiger partial charge < -0.3 is 9.80 Å². The first-order valence-corrected chi connectivity index (χ1v) is 9.97. The summed E-state index contributed by atoms with van der Waals surface area (Å²) in [5.41, 5.74) is 1.54. The van der Waals surface area contributed by atoms with Gasteiger partial charge in [-0.3, -0.25) is 14.5 Å². The van der Waals surface area contributed by atoms with Gasteiger partial charge in [0.25, 0.3) is 0 Å². The van der Waals surface area contributed by atoms with Crippen LogP contribution in [0.4, 0.5) is 10.1 Å². The monoisotopic (exact) mass is 387 g/mol. The van der Waals surface area contributed by atoms with Gasteiger partial charge in [0, 0.05) is 25.0 Å². The van der Waals surface area contributed by atoms with Crippen molar-refractivity contribution in [1.29, 1.82) is 0 Å². The van der Waals surface area contributed by atoms with E-state index in [0.717, 1.165) is 17.7 Å². The molecule has 1 aromatic carbocycles. The molecule has 2 aromatic rings. The quantitative estimate of drug-likeness (QED) is 0.812. The minimum absolute atomic E-state index is 0.0471. The van der Waals surface area contributed by atoms with Crippen LogP contribution in [0.25, 0.3) is 0 Å². The van der Waals surface area contributed by atoms with E-state index in [1.54, 1.807) is 23.5 Å². The Morgan fingerprint density at radius 3 is 2.70 bits per heavy atom. The number of thiophene rings is 1. The van der Waals surface area contributed by atoms with E-state index in [1.807, 2.05) is 33.7 Å². The Balaban J connectivity index is 1.47. The zero-order valence-corrected chi connectivity index (χ0v) is 16.0. The second-order valence-electron chi connectivity index (χ2n) is 7.41. The number of carbonyl (C=O) groups excluding carboxylic acids is 2. The molecule has 2 saturated heterocycles. The van der Waals surface area contributed by atoms with E-state index in [2.05, 4.69) is 4.90 Å². The Bertz CT molecular complexity index is 839. The largest absolute Gasteiger partial charge is 0.340 e. The summed E-state index contributed by atoms with van der Waals surface area (Å²) in [6.07, 6.45) is 1.11. The van der Waals surface area contributed by atoms with Gasteiger partial charge in [-0.15, -0.1) is 0 Å². The normalized spacial score (nSPS) is 23.4. The molecule has 142 valence electrons. The highest BCUT2D eigenvalue weighted by atomic mass is 32.1. The molecule has 0 saturated carbocycles. The average Bonchev–Trinajstić information content (AvgIpc) is 3.31. The third-order valence-corrected chi connectivity index (χ3v) is 6.38. The molecule has 0 N–H and O–H groups in total. The summed E-state index contributed by atoms with van der Waals surface area (Å²) >= 11 is 1.58. The Morgan fingerprint density at radius 1 is 1.22 bits per heavy atom. The lowest BCUT2D eigenvalue weighted by Gasteiger charge is -2.46. The van der Waals surface area contributed by atoms with Crippen LogP contribution in [0.2, 0.25) is 0 Å². The average molecular weight is 387 g/mol. The number of likely N-dealkylation sites (tertiary alicyclic amines) is 1. The number of piperazine rings is 1. The zero-order valence-electron chi connectivity index (χ0n) is 15.2. The lowest BCUT2D eigenvalue weighted by atomic mass is 9.93. The van der Waals surface area contributed by atoms with Crippen molar-refractivity contribution in [1.82, 2.24) is 9.80 Å². The molecule has 5 nitrogen and oxygen atoms in total. The van der Waals surface area contributed by atoms with Gasteiger partial charge in [0.2, 0.25) is 11.8 Å². The van der Waals surface area contributed by atoms with E-state index in [9.17, 15) is 14.0 Å². The maximum atomic E-state index is 13.1. The van der Waals surface area contributed by atoms with Crippen LogP contribution >= 0.6 is 11.3 Å². The third kappa shape index (κ3) is 3.49. The fourth-order valence-corrected chi connectivity index (χ4v) is 4.65. The number of anilines is 1. The fourth-order valence-electron chi connectivity index (χ4n) is 4.00. The molecule has 27 heavy (non-hydrogen) atoms. The van der Waals surface area contributed by atoms with Crippen LogP contribution in [0.3, 0.4) is 0 Å². The number of nitrogens with zero attached hydrogens (tertiary/aromatic N) is 3. The van der Waals surface area contributed by atoms with Crippen molar-refractivity contribution < 1.29 is 14.0 Å². The van der Waals surface area contributed by atoms with E-state index in [4.69, 9.17) is 0 Å². The molecule has 0 radical (unpaired) electrons. The summed E-state index contributed by atoms with van der Waals surface area (Å²) in [5.74, 6) is -0.156. The molecular formula is C20H22FN3O2S. The first-order chi connectivity index (χ1) is 13.0. The molecule has 3 heterocycles. The van der Waals surface area contributed by atoms with Gasteiger partial charge in [-0.05, 0) is 42.6 Å². The Morgan fingerprint density at radius 2 is 2.00 bits per heavy atom. The number of carbonyl (C=O) groups is 2. The first-order valence-electron chi connectivity index (χ1n) is 9.03. The van der Waals surface area contributed by atoms with Crippen molar-refractivity contribution in [3.8, 4) is 0 Å². The van der Waals surface area contributed by atoms with E-state index >= 15 is 0 Å². The zero-order chi connectivity index (χ0) is 19.0. The highest BCUT2D eigenvalue weighted by Crippen LogP contribution is 2.34. The van der Waals surface area contributed by atoms with Crippen LogP contribution in [-0.4, -0.2) is 60.4 Å². The lowest BCUT2D eigenvalue weighted by molar-refractivity contribution is -0.130. The molecule has 1 atom stereocenters. The molecule has 0 bridgehead atoms. The summed E-state index contributed by atoms with van der Waals surface area (Å²) in [6.45, 7) is 2.24. The van der Waals surface area contributed by atoms with E-state index in [0.29, 0.717) is 26.2 Å². The van der Waals surface area contributed by atoms with Crippen LogP contribution in [0.15, 0.2) is 41.1 Å². The number of likely N-dealkylation sites (N-methyl/N-ethyl adjacent to an activating group) is 1. The van der Waals surface area contributed by atoms with Crippen molar-refractivity contribution in [3.05, 3.63) is 52.5 Å². The molecule has 2 amide bonds. The molecule has 1 spiro atoms. The number of amides is 2. The second-order valence-corrected chi connectivity index (χ2v) is 8.19. The highest BCUT2D eigenvalue weighted by Gasteiger charge is 2.48. The van der Waals surface area contributed by atoms with Gasteiger partial charge >= 0.3 is 0 Å². The van der Waals surface area contributed by atoms with E-state index in [-0.39, 0.29) is 29.6 Å². The molecule has 2 aliphatic heterocycles. The minimum Gasteiger partial charge on any atom is -0.340 e. The number of halogens is 1. The van der Waals surface area contributed by atoms with Crippen molar-refractivity contribution in [2.45, 2.75) is 18.4 Å². The Kier molecular flexibility index (Phi) is 4.74. The van der Waals surface area contributed by atoms with Crippen molar-refractivity contribution in [2.24, 2.45) is 0 Å². The molecule has 2 fully saturated rings. The van der Waals surface area contributed by atoms with Gasteiger partial charge in [-0.2, -0.15) is 11.3 Å². The standard InChI is InChI=1S/C20H22FN3O2S/c1-22-11-19(26)24(17-6-9-27-12-17)14-20(22)7-8-23(13-20)18(25)10-15-2-4-16(21)5-3-15/h2-6,9,12H,7-8,10-11,13-14H2,1H3/t20-/m1/s1. The van der Waals surface area contributed by atoms with Gasteiger partial charge in [-0.1, -0.05) is 12.1 Å². The fraction of sp³-hybridized carbons (Fsp3) is 0.400. The van der Waals surface area contributed by atoms with Crippen LogP contribution < -0.4 is 4.90 Å². The SMILES string of the molecule is CN1CC(=O)N(c2ccsc2)C[C@]12CCN(C(=O)Cc1ccc(F)cc1)C2. The van der Waals surface area contributed by atoms with E-state index in [1.165, 1.54) is 12.1 Å². The third-order valence-electron chi connectivity index (χ3n) is 5.71. The number of rotatable bonds is 3. The van der Waals surface area contributed by atoms with Crippen LogP contribution in [0.1, 0.15) is 12.0 Å². The summed E-state index contributed by atoms with van der Waals surface area (Å²) in [6, 6.07) is 8.04. The first kappa shape index (κ1) is 18.1. The topological polar surface area (TPSA) is 43.9 Å². The molecule has 7 heteroatoms. The summed E-state index contributed by atoms with van der Waals surface area (Å²) < 4.78 is 13.1. The Labute approximate surface area is 162 Å². The molecule has 0 unspecified atom stereocenters. The van der Waals surface area contributed by atoms with Gasteiger partial charge in [0.05, 0.1) is 24.2 Å². The van der Waals surface area contributed by atoms with Crippen LogP contribution in [0.5, 0.6) is 0 Å². The predicted octanol–water partition coefficient (Wildman–Crippen LogP) is 2.38. The lowest BCUT2D eigenvalue weighted by Crippen LogP contribution is -2.64. The molecule has 1 aromatic heterocycles. The second kappa shape index (κ2) is 7.05. The minimum atomic E-state index is -0.298. The molecule has 2 aliphatic rings. The van der Waals surface area contributed by atoms with Gasteiger partial charge in [-0.25, -0.2) is 4.39 Å². The van der Waals surface area contributed by atoms with Crippen molar-refractivity contribution in [2.75, 3.05) is 38.1 Å². The molecular weight excluding hydrogens is 365 g/mol. The van der Waals surface area contributed by atoms with E-state index < -0.39 is 0 Å². The summed E-state index contributed by atoms with van der Waals surface area (Å²) in [5, 5.41) is 3.96. The maximum Gasteiger partial charge on any atom is 0.241 e. The smallest absolute Gasteiger partial charge is 0.241 e. The van der Waals surface area contributed by atoms with Crippen LogP contribution in [-0.2, 0) is 16.0 Å². The van der Waals surface area contributed by atoms with Gasteiger partial charge in [0.15, 0.2) is 0 Å². The van der Waals surface area contributed by atoms with Gasteiger partial charge in [0.1, 0.15) is 5.82 Å². The molecule has 4 rings (SSSR count). The highest BCUT2D eigenvalue weighted by molar-refractivity contribution is 7.08. The predicted molar refractivity (Wildman–Crippen MR) is 103 cm³/mol. The Hall–Kier alpha value is -2.25. The summed E-state index contributed by atoms with van der Waals surface area (Å²) in [7, 11) is 1.97. The van der Waals surface area contributed by atoms with Crippen molar-refractivity contribution >= 4 is 28.8 Å². The molecule has 0 aliphatic carbocycles. The number of benzene rings is 1. The number of hydrogen-bond donors (Lipinski definition) is 0.